The monoisotopic (exact) mass is 368 g/mol. The van der Waals surface area contributed by atoms with Gasteiger partial charge >= 0.3 is 0 Å². The van der Waals surface area contributed by atoms with E-state index in [9.17, 15) is 9.90 Å². The molecule has 3 rings (SSSR count). The lowest BCUT2D eigenvalue weighted by Gasteiger charge is -2.16. The number of nitrogens with zero attached hydrogens (tertiary/aromatic N) is 3. The fourth-order valence-corrected chi connectivity index (χ4v) is 3.52. The Bertz CT molecular complexity index is 948. The second kappa shape index (κ2) is 7.97. The highest BCUT2D eigenvalue weighted by Crippen LogP contribution is 2.25. The van der Waals surface area contributed by atoms with Crippen LogP contribution in [0.1, 0.15) is 29.1 Å². The van der Waals surface area contributed by atoms with Crippen LogP contribution >= 0.6 is 11.3 Å². The Hall–Kier alpha value is -2.93. The molecule has 26 heavy (non-hydrogen) atoms. The number of aromatic nitrogens is 1. The zero-order valence-electron chi connectivity index (χ0n) is 14.6. The van der Waals surface area contributed by atoms with Crippen molar-refractivity contribution in [2.45, 2.75) is 13.8 Å². The molecule has 0 atom stereocenters. The zero-order valence-corrected chi connectivity index (χ0v) is 15.5. The average molecular weight is 368 g/mol. The highest BCUT2D eigenvalue weighted by atomic mass is 32.1. The minimum absolute atomic E-state index is 0.0713. The lowest BCUT2D eigenvalue weighted by atomic mass is 10.1. The number of carbonyl (C=O) groups is 1. The Labute approximate surface area is 155 Å². The number of fused-ring (bicyclic) bond motifs is 1. The Kier molecular flexibility index (Phi) is 5.48. The Morgan fingerprint density at radius 3 is 2.65 bits per heavy atom. The van der Waals surface area contributed by atoms with E-state index in [-0.39, 0.29) is 11.3 Å². The van der Waals surface area contributed by atoms with E-state index < -0.39 is 5.91 Å². The molecule has 6 nitrogen and oxygen atoms in total. The molecule has 0 aliphatic rings. The lowest BCUT2D eigenvalue weighted by molar-refractivity contribution is 0.0952. The predicted molar refractivity (Wildman–Crippen MR) is 106 cm³/mol. The SMILES string of the molecule is CCN(CC)c1ncc(/C=N\NC(=O)c2cc3ccccc3cc2O)s1. The van der Waals surface area contributed by atoms with Crippen LogP contribution < -0.4 is 10.3 Å². The molecule has 3 aromatic rings. The Balaban J connectivity index is 1.71. The smallest absolute Gasteiger partial charge is 0.275 e. The van der Waals surface area contributed by atoms with Crippen molar-refractivity contribution in [2.75, 3.05) is 18.0 Å². The van der Waals surface area contributed by atoms with Crippen molar-refractivity contribution in [2.24, 2.45) is 5.10 Å². The number of hydrogen-bond donors (Lipinski definition) is 2. The predicted octanol–water partition coefficient (Wildman–Crippen LogP) is 3.61. The fraction of sp³-hybridized carbons (Fsp3) is 0.211. The summed E-state index contributed by atoms with van der Waals surface area (Å²) in [7, 11) is 0. The summed E-state index contributed by atoms with van der Waals surface area (Å²) < 4.78 is 0. The van der Waals surface area contributed by atoms with Gasteiger partial charge in [0.05, 0.1) is 16.7 Å². The number of anilines is 1. The fourth-order valence-electron chi connectivity index (χ4n) is 2.60. The highest BCUT2D eigenvalue weighted by molar-refractivity contribution is 7.17. The summed E-state index contributed by atoms with van der Waals surface area (Å²) in [5.41, 5.74) is 2.64. The van der Waals surface area contributed by atoms with Crippen LogP contribution in [-0.4, -0.2) is 35.3 Å². The molecular formula is C19H20N4O2S. The third-order valence-corrected chi connectivity index (χ3v) is 5.00. The van der Waals surface area contributed by atoms with Crippen molar-refractivity contribution >= 4 is 39.4 Å². The molecule has 2 N–H and O–H groups in total. The van der Waals surface area contributed by atoms with Crippen LogP contribution in [0.25, 0.3) is 10.8 Å². The average Bonchev–Trinajstić information content (AvgIpc) is 3.10. The molecule has 0 aliphatic heterocycles. The Morgan fingerprint density at radius 2 is 1.96 bits per heavy atom. The standard InChI is InChI=1S/C19H20N4O2S/c1-3-23(4-2)19-20-11-15(26-19)12-21-22-18(25)16-9-13-7-5-6-8-14(13)10-17(16)24/h5-12,24H,3-4H2,1-2H3,(H,22,25)/b21-12-. The van der Waals surface area contributed by atoms with E-state index in [0.717, 1.165) is 33.9 Å². The number of phenolic OH excluding ortho intramolecular Hbond substituents is 1. The number of thiazole rings is 1. The summed E-state index contributed by atoms with van der Waals surface area (Å²) in [6.07, 6.45) is 3.28. The number of phenols is 1. The molecule has 0 bridgehead atoms. The van der Waals surface area contributed by atoms with Crippen LogP contribution in [0.3, 0.4) is 0 Å². The molecule has 0 spiro atoms. The maximum Gasteiger partial charge on any atom is 0.275 e. The summed E-state index contributed by atoms with van der Waals surface area (Å²) in [5.74, 6) is -0.531. The molecule has 2 aromatic carbocycles. The second-order valence-electron chi connectivity index (χ2n) is 5.63. The van der Waals surface area contributed by atoms with Gasteiger partial charge in [-0.1, -0.05) is 35.6 Å². The van der Waals surface area contributed by atoms with E-state index in [1.54, 1.807) is 24.5 Å². The van der Waals surface area contributed by atoms with Gasteiger partial charge in [0.1, 0.15) is 5.75 Å². The van der Waals surface area contributed by atoms with Crippen LogP contribution in [0.15, 0.2) is 47.7 Å². The molecule has 7 heteroatoms. The summed E-state index contributed by atoms with van der Waals surface area (Å²) in [6.45, 7) is 5.93. The van der Waals surface area contributed by atoms with Gasteiger partial charge < -0.3 is 10.0 Å². The molecule has 0 unspecified atom stereocenters. The number of nitrogens with one attached hydrogen (secondary N) is 1. The third kappa shape index (κ3) is 3.83. The van der Waals surface area contributed by atoms with Crippen LogP contribution in [-0.2, 0) is 0 Å². The first-order valence-electron chi connectivity index (χ1n) is 8.38. The van der Waals surface area contributed by atoms with Crippen molar-refractivity contribution in [3.8, 4) is 5.75 Å². The van der Waals surface area contributed by atoms with E-state index >= 15 is 0 Å². The van der Waals surface area contributed by atoms with Gasteiger partial charge in [0, 0.05) is 19.3 Å². The summed E-state index contributed by atoms with van der Waals surface area (Å²) in [5, 5.41) is 16.7. The maximum atomic E-state index is 12.3. The first kappa shape index (κ1) is 17.9. The molecule has 0 saturated carbocycles. The van der Waals surface area contributed by atoms with Crippen LogP contribution in [0, 0.1) is 0 Å². The second-order valence-corrected chi connectivity index (χ2v) is 6.67. The topological polar surface area (TPSA) is 77.8 Å². The van der Waals surface area contributed by atoms with Gasteiger partial charge in [-0.05, 0) is 36.8 Å². The molecule has 1 heterocycles. The normalized spacial score (nSPS) is 11.2. The minimum atomic E-state index is -0.460. The van der Waals surface area contributed by atoms with Gasteiger partial charge in [0.2, 0.25) is 0 Å². The molecular weight excluding hydrogens is 348 g/mol. The van der Waals surface area contributed by atoms with E-state index in [1.807, 2.05) is 24.3 Å². The molecule has 1 aromatic heterocycles. The van der Waals surface area contributed by atoms with Crippen LogP contribution in [0.4, 0.5) is 5.13 Å². The van der Waals surface area contributed by atoms with Crippen molar-refractivity contribution in [3.63, 3.8) is 0 Å². The van der Waals surface area contributed by atoms with Gasteiger partial charge in [0.25, 0.3) is 5.91 Å². The number of aromatic hydroxyl groups is 1. The quantitative estimate of drug-likeness (QED) is 0.515. The zero-order chi connectivity index (χ0) is 18.5. The summed E-state index contributed by atoms with van der Waals surface area (Å²) >= 11 is 1.51. The molecule has 134 valence electrons. The first-order chi connectivity index (χ1) is 12.6. The van der Waals surface area contributed by atoms with Gasteiger partial charge in [-0.15, -0.1) is 0 Å². The number of benzene rings is 2. The summed E-state index contributed by atoms with van der Waals surface area (Å²) in [6, 6.07) is 10.8. The molecule has 1 amide bonds. The van der Waals surface area contributed by atoms with Gasteiger partial charge in [-0.2, -0.15) is 5.10 Å². The van der Waals surface area contributed by atoms with Gasteiger partial charge in [0.15, 0.2) is 5.13 Å². The van der Waals surface area contributed by atoms with Crippen LogP contribution in [0.2, 0.25) is 0 Å². The van der Waals surface area contributed by atoms with E-state index in [0.29, 0.717) is 0 Å². The number of amides is 1. The number of hydrazone groups is 1. The van der Waals surface area contributed by atoms with Gasteiger partial charge in [-0.25, -0.2) is 10.4 Å². The largest absolute Gasteiger partial charge is 0.507 e. The van der Waals surface area contributed by atoms with Crippen molar-refractivity contribution < 1.29 is 9.90 Å². The number of carbonyl (C=O) groups excluding carboxylic acids is 1. The van der Waals surface area contributed by atoms with Gasteiger partial charge in [-0.3, -0.25) is 4.79 Å². The molecule has 0 saturated heterocycles. The third-order valence-electron chi connectivity index (χ3n) is 4.01. The first-order valence-corrected chi connectivity index (χ1v) is 9.20. The number of hydrogen-bond acceptors (Lipinski definition) is 6. The highest BCUT2D eigenvalue weighted by Gasteiger charge is 2.12. The Morgan fingerprint density at radius 1 is 1.27 bits per heavy atom. The molecule has 0 fully saturated rings. The molecule has 0 radical (unpaired) electrons. The van der Waals surface area contributed by atoms with E-state index in [2.05, 4.69) is 34.3 Å². The summed E-state index contributed by atoms with van der Waals surface area (Å²) in [4.78, 5) is 19.7. The number of rotatable bonds is 6. The molecule has 0 aliphatic carbocycles. The lowest BCUT2D eigenvalue weighted by Crippen LogP contribution is -2.21. The van der Waals surface area contributed by atoms with Crippen molar-refractivity contribution in [1.29, 1.82) is 0 Å². The minimum Gasteiger partial charge on any atom is -0.507 e. The maximum absolute atomic E-state index is 12.3. The van der Waals surface area contributed by atoms with Crippen molar-refractivity contribution in [1.82, 2.24) is 10.4 Å². The van der Waals surface area contributed by atoms with Crippen molar-refractivity contribution in [3.05, 3.63) is 53.0 Å². The van der Waals surface area contributed by atoms with Crippen LogP contribution in [0.5, 0.6) is 5.75 Å². The van der Waals surface area contributed by atoms with E-state index in [1.165, 1.54) is 11.3 Å². The van der Waals surface area contributed by atoms with E-state index in [4.69, 9.17) is 0 Å².